The van der Waals surface area contributed by atoms with Crippen molar-refractivity contribution >= 4 is 27.0 Å². The van der Waals surface area contributed by atoms with Crippen LogP contribution in [-0.4, -0.2) is 18.7 Å². The van der Waals surface area contributed by atoms with Crippen LogP contribution in [0.5, 0.6) is 0 Å². The van der Waals surface area contributed by atoms with Crippen LogP contribution >= 0.6 is 12.2 Å². The van der Waals surface area contributed by atoms with Gasteiger partial charge in [-0.05, 0) is 36.8 Å². The zero-order valence-corrected chi connectivity index (χ0v) is 14.1. The molecule has 1 aliphatic carbocycles. The van der Waals surface area contributed by atoms with Crippen molar-refractivity contribution in [3.05, 3.63) is 65.5 Å². The number of halogens is 1. The Balaban J connectivity index is 1.98. The molecule has 23 heavy (non-hydrogen) atoms. The summed E-state index contributed by atoms with van der Waals surface area (Å²) in [6.07, 6.45) is 0. The fourth-order valence-corrected chi connectivity index (χ4v) is 5.51. The van der Waals surface area contributed by atoms with E-state index in [1.807, 2.05) is 6.92 Å². The number of rotatable bonds is 4. The van der Waals surface area contributed by atoms with E-state index in [2.05, 4.69) is 0 Å². The molecule has 0 bridgehead atoms. The van der Waals surface area contributed by atoms with E-state index in [0.29, 0.717) is 0 Å². The molecule has 1 saturated carbocycles. The lowest BCUT2D eigenvalue weighted by Crippen LogP contribution is -2.17. The van der Waals surface area contributed by atoms with E-state index >= 15 is 0 Å². The molecule has 6 heteroatoms. The fraction of sp³-hybridized carbons (Fsp3) is 0.235. The summed E-state index contributed by atoms with van der Waals surface area (Å²) >= 11 is 5.04. The zero-order chi connectivity index (χ0) is 16.8. The second-order valence-corrected chi connectivity index (χ2v) is 8.41. The highest BCUT2D eigenvalue weighted by Gasteiger charge is 2.60. The second-order valence-electron chi connectivity index (χ2n) is 5.83. The Bertz CT molecular complexity index is 845. The molecule has 0 heterocycles. The third kappa shape index (κ3) is 2.88. The van der Waals surface area contributed by atoms with Gasteiger partial charge in [0.2, 0.25) is 0 Å². The van der Waals surface area contributed by atoms with Crippen LogP contribution in [0.2, 0.25) is 0 Å². The zero-order valence-electron chi connectivity index (χ0n) is 12.4. The van der Waals surface area contributed by atoms with Crippen LogP contribution < -0.4 is 5.73 Å². The summed E-state index contributed by atoms with van der Waals surface area (Å²) in [7, 11) is -3.55. The number of thiocarbonyl (C=S) groups is 1. The monoisotopic (exact) mass is 349 g/mol. The Labute approximate surface area is 140 Å². The van der Waals surface area contributed by atoms with Crippen LogP contribution in [0.3, 0.4) is 0 Å². The lowest BCUT2D eigenvalue weighted by Gasteiger charge is -2.05. The standard InChI is InChI=1S/C17H16FNO2S2/c1-10-2-8-13(9-3-10)23(20,21)16-14(15(16)17(19)22)11-4-6-12(18)7-5-11/h2-9,14-16H,1H3,(H2,19,22)/t14-,15-,16-/m0/s1. The van der Waals surface area contributed by atoms with Crippen LogP contribution in [0.1, 0.15) is 17.0 Å². The van der Waals surface area contributed by atoms with E-state index in [1.54, 1.807) is 36.4 Å². The molecule has 0 aliphatic heterocycles. The summed E-state index contributed by atoms with van der Waals surface area (Å²) in [6.45, 7) is 1.90. The lowest BCUT2D eigenvalue weighted by atomic mass is 10.1. The van der Waals surface area contributed by atoms with Crippen molar-refractivity contribution in [3.8, 4) is 0 Å². The first-order chi connectivity index (χ1) is 10.8. The van der Waals surface area contributed by atoms with Gasteiger partial charge in [-0.2, -0.15) is 0 Å². The molecule has 1 fully saturated rings. The highest BCUT2D eigenvalue weighted by atomic mass is 32.2. The Morgan fingerprint density at radius 3 is 2.17 bits per heavy atom. The van der Waals surface area contributed by atoms with E-state index in [0.717, 1.165) is 11.1 Å². The molecule has 3 rings (SSSR count). The van der Waals surface area contributed by atoms with E-state index in [1.165, 1.54) is 12.1 Å². The average molecular weight is 349 g/mol. The Kier molecular flexibility index (Phi) is 3.98. The van der Waals surface area contributed by atoms with Crippen molar-refractivity contribution < 1.29 is 12.8 Å². The fourth-order valence-electron chi connectivity index (χ4n) is 2.98. The van der Waals surface area contributed by atoms with Gasteiger partial charge in [-0.25, -0.2) is 12.8 Å². The van der Waals surface area contributed by atoms with Crippen LogP contribution in [0.25, 0.3) is 0 Å². The molecule has 120 valence electrons. The minimum Gasteiger partial charge on any atom is -0.393 e. The minimum atomic E-state index is -3.55. The summed E-state index contributed by atoms with van der Waals surface area (Å²) in [5, 5.41) is -0.687. The molecule has 0 saturated heterocycles. The normalized spacial score (nSPS) is 23.5. The van der Waals surface area contributed by atoms with Crippen molar-refractivity contribution in [2.45, 2.75) is 23.0 Å². The number of sulfone groups is 1. The van der Waals surface area contributed by atoms with Crippen LogP contribution in [0.4, 0.5) is 4.39 Å². The molecule has 0 amide bonds. The summed E-state index contributed by atoms with van der Waals surface area (Å²) < 4.78 is 38.9. The maximum atomic E-state index is 13.1. The van der Waals surface area contributed by atoms with Gasteiger partial charge in [0.25, 0.3) is 0 Å². The number of nitrogens with two attached hydrogens (primary N) is 1. The molecule has 3 nitrogen and oxygen atoms in total. The first-order valence-electron chi connectivity index (χ1n) is 7.18. The number of benzene rings is 2. The topological polar surface area (TPSA) is 60.2 Å². The Morgan fingerprint density at radius 2 is 1.65 bits per heavy atom. The molecule has 2 aromatic carbocycles. The van der Waals surface area contributed by atoms with Gasteiger partial charge in [0.15, 0.2) is 9.84 Å². The van der Waals surface area contributed by atoms with Crippen LogP contribution in [0.15, 0.2) is 53.4 Å². The van der Waals surface area contributed by atoms with E-state index in [9.17, 15) is 12.8 Å². The molecular formula is C17H16FNO2S2. The van der Waals surface area contributed by atoms with E-state index in [4.69, 9.17) is 18.0 Å². The van der Waals surface area contributed by atoms with Gasteiger partial charge >= 0.3 is 0 Å². The highest BCUT2D eigenvalue weighted by molar-refractivity contribution is 7.92. The maximum Gasteiger partial charge on any atom is 0.182 e. The van der Waals surface area contributed by atoms with Crippen molar-refractivity contribution in [2.75, 3.05) is 0 Å². The van der Waals surface area contributed by atoms with Crippen LogP contribution in [-0.2, 0) is 9.84 Å². The van der Waals surface area contributed by atoms with Gasteiger partial charge in [-0.15, -0.1) is 0 Å². The average Bonchev–Trinajstić information content (AvgIpc) is 3.25. The van der Waals surface area contributed by atoms with E-state index in [-0.39, 0.29) is 21.6 Å². The van der Waals surface area contributed by atoms with Gasteiger partial charge < -0.3 is 5.73 Å². The van der Waals surface area contributed by atoms with Gasteiger partial charge in [-0.1, -0.05) is 42.0 Å². The maximum absolute atomic E-state index is 13.1. The predicted octanol–water partition coefficient (Wildman–Crippen LogP) is 2.98. The largest absolute Gasteiger partial charge is 0.393 e. The van der Waals surface area contributed by atoms with Gasteiger partial charge in [0.05, 0.1) is 15.1 Å². The van der Waals surface area contributed by atoms with Gasteiger partial charge in [0, 0.05) is 11.8 Å². The summed E-state index contributed by atoms with van der Waals surface area (Å²) in [5.74, 6) is -1.10. The van der Waals surface area contributed by atoms with Gasteiger partial charge in [-0.3, -0.25) is 0 Å². The number of aryl methyl sites for hydroxylation is 1. The quantitative estimate of drug-likeness (QED) is 0.862. The third-order valence-electron chi connectivity index (χ3n) is 4.25. The first-order valence-corrected chi connectivity index (χ1v) is 9.13. The second kappa shape index (κ2) is 5.69. The summed E-state index contributed by atoms with van der Waals surface area (Å²) in [5.41, 5.74) is 7.46. The molecule has 1 aliphatic rings. The Hall–Kier alpha value is -1.79. The first kappa shape index (κ1) is 16.1. The lowest BCUT2D eigenvalue weighted by molar-refractivity contribution is 0.593. The molecule has 0 radical (unpaired) electrons. The molecule has 0 aromatic heterocycles. The minimum absolute atomic E-state index is 0.181. The molecule has 2 N–H and O–H groups in total. The van der Waals surface area contributed by atoms with E-state index < -0.39 is 21.0 Å². The SMILES string of the molecule is Cc1ccc(S(=O)(=O)[C@@H]2[C@@H](C(N)=S)[C@@H]2c2ccc(F)cc2)cc1. The highest BCUT2D eigenvalue weighted by Crippen LogP contribution is 2.54. The summed E-state index contributed by atoms with van der Waals surface area (Å²) in [4.78, 5) is 0.443. The van der Waals surface area contributed by atoms with Gasteiger partial charge in [0.1, 0.15) is 5.82 Å². The van der Waals surface area contributed by atoms with Crippen LogP contribution in [0, 0.1) is 18.7 Å². The number of hydrogen-bond acceptors (Lipinski definition) is 3. The third-order valence-corrected chi connectivity index (χ3v) is 6.75. The van der Waals surface area contributed by atoms with Crippen molar-refractivity contribution in [3.63, 3.8) is 0 Å². The molecule has 0 spiro atoms. The molecule has 0 unspecified atom stereocenters. The molecular weight excluding hydrogens is 333 g/mol. The van der Waals surface area contributed by atoms with Crippen molar-refractivity contribution in [1.82, 2.24) is 0 Å². The molecule has 2 aromatic rings. The predicted molar refractivity (Wildman–Crippen MR) is 91.6 cm³/mol. The van der Waals surface area contributed by atoms with Crippen molar-refractivity contribution in [1.29, 1.82) is 0 Å². The Morgan fingerprint density at radius 1 is 1.09 bits per heavy atom. The molecule has 3 atom stereocenters. The summed E-state index contributed by atoms with van der Waals surface area (Å²) in [6, 6.07) is 12.5. The smallest absolute Gasteiger partial charge is 0.182 e. The number of hydrogen-bond donors (Lipinski definition) is 1. The van der Waals surface area contributed by atoms with Crippen molar-refractivity contribution in [2.24, 2.45) is 11.7 Å².